The van der Waals surface area contributed by atoms with Crippen molar-refractivity contribution in [2.24, 2.45) is 21.0 Å². The third-order valence-corrected chi connectivity index (χ3v) is 6.62. The normalized spacial score (nSPS) is 26.4. The van der Waals surface area contributed by atoms with Gasteiger partial charge in [-0.3, -0.25) is 19.8 Å². The standard InChI is InChI=1S/C24H27N7O/c1-31-14-19(13-28-31)18-9-15(11-25)8-16(10-18)12-27-24(32)22-21-20(6-7-26-22)29-23(30-21)17-4-2-3-5-17/h6-10,13,17,19-21H,2-5,12,14H2,1H3,(H,27,32)(H,29,30). The highest BCUT2D eigenvalue weighted by atomic mass is 16.1. The molecule has 3 atom stereocenters. The van der Waals surface area contributed by atoms with Gasteiger partial charge in [-0.15, -0.1) is 0 Å². The van der Waals surface area contributed by atoms with E-state index in [4.69, 9.17) is 4.99 Å². The van der Waals surface area contributed by atoms with Crippen LogP contribution in [0.3, 0.4) is 0 Å². The predicted octanol–water partition coefficient (Wildman–Crippen LogP) is 2.09. The van der Waals surface area contributed by atoms with E-state index in [0.29, 0.717) is 23.7 Å². The third-order valence-electron chi connectivity index (χ3n) is 6.62. The average molecular weight is 430 g/mol. The fourth-order valence-electron chi connectivity index (χ4n) is 4.95. The van der Waals surface area contributed by atoms with Crippen LogP contribution in [-0.2, 0) is 11.3 Å². The molecule has 0 aromatic heterocycles. The van der Waals surface area contributed by atoms with Gasteiger partial charge in [0.2, 0.25) is 0 Å². The molecule has 32 heavy (non-hydrogen) atoms. The van der Waals surface area contributed by atoms with Crippen LogP contribution in [0.2, 0.25) is 0 Å². The summed E-state index contributed by atoms with van der Waals surface area (Å²) in [4.78, 5) is 22.2. The lowest BCUT2D eigenvalue weighted by Crippen LogP contribution is -2.45. The van der Waals surface area contributed by atoms with Crippen molar-refractivity contribution in [1.29, 1.82) is 5.26 Å². The van der Waals surface area contributed by atoms with E-state index in [1.807, 2.05) is 42.5 Å². The van der Waals surface area contributed by atoms with E-state index >= 15 is 0 Å². The number of benzene rings is 1. The zero-order valence-electron chi connectivity index (χ0n) is 18.2. The lowest BCUT2D eigenvalue weighted by atomic mass is 9.96. The van der Waals surface area contributed by atoms with Gasteiger partial charge in [-0.1, -0.05) is 18.9 Å². The maximum Gasteiger partial charge on any atom is 0.268 e. The molecule has 8 nitrogen and oxygen atoms in total. The number of aliphatic imine (C=N–C) groups is 2. The van der Waals surface area contributed by atoms with Gasteiger partial charge in [-0.25, -0.2) is 0 Å². The number of hydrogen-bond donors (Lipinski definition) is 2. The summed E-state index contributed by atoms with van der Waals surface area (Å²) in [6.07, 6.45) is 10.4. The molecule has 0 saturated heterocycles. The van der Waals surface area contributed by atoms with E-state index in [1.165, 1.54) is 12.8 Å². The summed E-state index contributed by atoms with van der Waals surface area (Å²) in [6.45, 7) is 1.11. The Labute approximate surface area is 187 Å². The molecule has 1 aromatic rings. The van der Waals surface area contributed by atoms with E-state index in [0.717, 1.165) is 36.3 Å². The molecule has 1 amide bonds. The molecule has 5 rings (SSSR count). The van der Waals surface area contributed by atoms with Crippen molar-refractivity contribution < 1.29 is 4.79 Å². The monoisotopic (exact) mass is 429 g/mol. The lowest BCUT2D eigenvalue weighted by Gasteiger charge is -2.20. The summed E-state index contributed by atoms with van der Waals surface area (Å²) in [5.74, 6) is 1.43. The Morgan fingerprint density at radius 3 is 2.91 bits per heavy atom. The Hall–Kier alpha value is -3.47. The van der Waals surface area contributed by atoms with Crippen molar-refractivity contribution in [1.82, 2.24) is 15.6 Å². The Morgan fingerprint density at radius 2 is 2.16 bits per heavy atom. The second-order valence-corrected chi connectivity index (χ2v) is 8.94. The van der Waals surface area contributed by atoms with Gasteiger partial charge in [-0.2, -0.15) is 10.4 Å². The molecular formula is C24H27N7O. The van der Waals surface area contributed by atoms with Gasteiger partial charge in [0.15, 0.2) is 0 Å². The van der Waals surface area contributed by atoms with Crippen LogP contribution < -0.4 is 10.6 Å². The molecule has 1 fully saturated rings. The summed E-state index contributed by atoms with van der Waals surface area (Å²) >= 11 is 0. The molecule has 1 aromatic carbocycles. The summed E-state index contributed by atoms with van der Waals surface area (Å²) in [6, 6.07) is 7.70. The third kappa shape index (κ3) is 4.03. The lowest BCUT2D eigenvalue weighted by molar-refractivity contribution is -0.115. The zero-order chi connectivity index (χ0) is 22.1. The second-order valence-electron chi connectivity index (χ2n) is 8.94. The summed E-state index contributed by atoms with van der Waals surface area (Å²) in [5, 5.41) is 22.1. The van der Waals surface area contributed by atoms with Crippen molar-refractivity contribution in [3.63, 3.8) is 0 Å². The molecule has 3 unspecified atom stereocenters. The predicted molar refractivity (Wildman–Crippen MR) is 124 cm³/mol. The van der Waals surface area contributed by atoms with E-state index in [2.05, 4.69) is 26.8 Å². The summed E-state index contributed by atoms with van der Waals surface area (Å²) in [7, 11) is 1.93. The first kappa shape index (κ1) is 20.4. The second kappa shape index (κ2) is 8.58. The number of nitrogens with one attached hydrogen (secondary N) is 2. The highest BCUT2D eigenvalue weighted by Gasteiger charge is 2.38. The Balaban J connectivity index is 1.28. The molecule has 8 heteroatoms. The van der Waals surface area contributed by atoms with Gasteiger partial charge in [0.1, 0.15) is 17.6 Å². The molecule has 3 heterocycles. The summed E-state index contributed by atoms with van der Waals surface area (Å²) < 4.78 is 0. The Morgan fingerprint density at radius 1 is 1.31 bits per heavy atom. The molecule has 3 aliphatic heterocycles. The van der Waals surface area contributed by atoms with E-state index in [1.54, 1.807) is 6.20 Å². The molecule has 164 valence electrons. The minimum absolute atomic E-state index is 0.00369. The fourth-order valence-corrected chi connectivity index (χ4v) is 4.95. The number of carbonyl (C=O) groups is 1. The van der Waals surface area contributed by atoms with Crippen molar-refractivity contribution in [2.45, 2.75) is 50.2 Å². The van der Waals surface area contributed by atoms with E-state index in [-0.39, 0.29) is 23.9 Å². The van der Waals surface area contributed by atoms with Crippen LogP contribution >= 0.6 is 0 Å². The number of carbonyl (C=O) groups excluding carboxylic acids is 1. The SMILES string of the molecule is CN1CC(c2cc(C#N)cc(CNC(=O)C3=NC=CC4NC(C5CCCC5)=NC34)c2)C=N1. The van der Waals surface area contributed by atoms with E-state index in [9.17, 15) is 10.1 Å². The topological polar surface area (TPSA) is 105 Å². The fraction of sp³-hybridized carbons (Fsp3) is 0.458. The van der Waals surface area contributed by atoms with Gasteiger partial charge in [0.05, 0.1) is 17.7 Å². The molecule has 0 bridgehead atoms. The van der Waals surface area contributed by atoms with Gasteiger partial charge in [0, 0.05) is 44.4 Å². The average Bonchev–Trinajstić information content (AvgIpc) is 3.57. The molecular weight excluding hydrogens is 402 g/mol. The van der Waals surface area contributed by atoms with Crippen LogP contribution in [0.1, 0.15) is 48.3 Å². The number of fused-ring (bicyclic) bond motifs is 1. The minimum Gasteiger partial charge on any atom is -0.365 e. The van der Waals surface area contributed by atoms with Crippen molar-refractivity contribution in [2.75, 3.05) is 13.6 Å². The van der Waals surface area contributed by atoms with Crippen LogP contribution in [0, 0.1) is 17.2 Å². The van der Waals surface area contributed by atoms with Gasteiger partial charge >= 0.3 is 0 Å². The zero-order valence-corrected chi connectivity index (χ0v) is 18.2. The summed E-state index contributed by atoms with van der Waals surface area (Å²) in [5.41, 5.74) is 2.95. The molecule has 2 N–H and O–H groups in total. The molecule has 0 spiro atoms. The van der Waals surface area contributed by atoms with E-state index < -0.39 is 0 Å². The first-order chi connectivity index (χ1) is 15.6. The number of nitriles is 1. The number of rotatable bonds is 5. The highest BCUT2D eigenvalue weighted by Crippen LogP contribution is 2.29. The first-order valence-electron chi connectivity index (χ1n) is 11.3. The Kier molecular flexibility index (Phi) is 5.48. The van der Waals surface area contributed by atoms with Crippen LogP contribution in [0.15, 0.2) is 45.6 Å². The van der Waals surface area contributed by atoms with Crippen molar-refractivity contribution in [3.8, 4) is 6.07 Å². The van der Waals surface area contributed by atoms with Gasteiger partial charge in [0.25, 0.3) is 5.91 Å². The molecule has 1 saturated carbocycles. The number of amidine groups is 1. The highest BCUT2D eigenvalue weighted by molar-refractivity contribution is 6.42. The smallest absolute Gasteiger partial charge is 0.268 e. The van der Waals surface area contributed by atoms with Gasteiger partial charge < -0.3 is 10.6 Å². The molecule has 0 radical (unpaired) electrons. The number of likely N-dealkylation sites (N-methyl/N-ethyl adjacent to an activating group) is 1. The first-order valence-corrected chi connectivity index (χ1v) is 11.3. The molecule has 1 aliphatic carbocycles. The van der Waals surface area contributed by atoms with Gasteiger partial charge in [-0.05, 0) is 42.2 Å². The largest absolute Gasteiger partial charge is 0.365 e. The minimum atomic E-state index is -0.276. The maximum absolute atomic E-state index is 13.0. The van der Waals surface area contributed by atoms with Crippen LogP contribution in [0.25, 0.3) is 0 Å². The van der Waals surface area contributed by atoms with Crippen LogP contribution in [-0.4, -0.2) is 54.4 Å². The Bertz CT molecular complexity index is 1070. The maximum atomic E-state index is 13.0. The van der Waals surface area contributed by atoms with Crippen molar-refractivity contribution in [3.05, 3.63) is 47.2 Å². The number of nitrogens with zero attached hydrogens (tertiary/aromatic N) is 5. The van der Waals surface area contributed by atoms with Crippen LogP contribution in [0.5, 0.6) is 0 Å². The van der Waals surface area contributed by atoms with Crippen molar-refractivity contribution >= 4 is 23.7 Å². The number of hydrazone groups is 1. The number of hydrogen-bond acceptors (Lipinski definition) is 7. The van der Waals surface area contributed by atoms with Crippen LogP contribution in [0.4, 0.5) is 0 Å². The molecule has 4 aliphatic rings. The quantitative estimate of drug-likeness (QED) is 0.748. The number of amides is 1.